The lowest BCUT2D eigenvalue weighted by atomic mass is 10.2. The topological polar surface area (TPSA) is 71.4 Å². The van der Waals surface area contributed by atoms with Crippen molar-refractivity contribution < 1.29 is 9.59 Å². The molecule has 0 aromatic carbocycles. The van der Waals surface area contributed by atoms with Crippen molar-refractivity contribution in [3.63, 3.8) is 0 Å². The first-order chi connectivity index (χ1) is 10.4. The average molecular weight is 307 g/mol. The Hall–Kier alpha value is -2.11. The van der Waals surface area contributed by atoms with E-state index >= 15 is 0 Å². The maximum atomic E-state index is 12.4. The summed E-state index contributed by atoms with van der Waals surface area (Å²) in [6.45, 7) is 6.98. The Morgan fingerprint density at radius 3 is 2.41 bits per heavy atom. The van der Waals surface area contributed by atoms with Gasteiger partial charge in [0.15, 0.2) is 0 Å². The van der Waals surface area contributed by atoms with Crippen molar-refractivity contribution in [2.24, 2.45) is 7.05 Å². The molecule has 0 saturated heterocycles. The van der Waals surface area contributed by atoms with Gasteiger partial charge in [-0.2, -0.15) is 0 Å². The molecule has 122 valence electrons. The van der Waals surface area contributed by atoms with Crippen LogP contribution in [0.25, 0.3) is 0 Å². The quantitative estimate of drug-likeness (QED) is 0.837. The Kier molecular flexibility index (Phi) is 6.82. The highest BCUT2D eigenvalue weighted by Crippen LogP contribution is 2.09. The van der Waals surface area contributed by atoms with Crippen LogP contribution in [0.3, 0.4) is 0 Å². The third-order valence-electron chi connectivity index (χ3n) is 3.51. The zero-order chi connectivity index (χ0) is 16.7. The van der Waals surface area contributed by atoms with E-state index in [1.54, 1.807) is 11.9 Å². The summed E-state index contributed by atoms with van der Waals surface area (Å²) in [5.74, 6) is -0.351. The van der Waals surface area contributed by atoms with Gasteiger partial charge in [0, 0.05) is 32.8 Å². The van der Waals surface area contributed by atoms with Gasteiger partial charge >= 0.3 is 0 Å². The van der Waals surface area contributed by atoms with Gasteiger partial charge in [0.2, 0.25) is 5.91 Å². The Labute approximate surface area is 131 Å². The third kappa shape index (κ3) is 4.44. The van der Waals surface area contributed by atoms with Crippen LogP contribution in [0.1, 0.15) is 50.4 Å². The Bertz CT molecular complexity index is 589. The molecule has 0 atom stereocenters. The number of anilines is 1. The minimum atomic E-state index is -0.319. The molecule has 0 aliphatic rings. The number of aromatic nitrogens is 1. The summed E-state index contributed by atoms with van der Waals surface area (Å²) >= 11 is 0. The molecule has 0 saturated carbocycles. The van der Waals surface area contributed by atoms with Gasteiger partial charge in [-0.1, -0.05) is 13.3 Å². The summed E-state index contributed by atoms with van der Waals surface area (Å²) in [4.78, 5) is 37.9. The molecular formula is C16H25N3O3. The summed E-state index contributed by atoms with van der Waals surface area (Å²) < 4.78 is 1.33. The van der Waals surface area contributed by atoms with Crippen LogP contribution < -0.4 is 10.9 Å². The predicted molar refractivity (Wildman–Crippen MR) is 87.1 cm³/mol. The minimum Gasteiger partial charge on any atom is -0.339 e. The molecule has 0 radical (unpaired) electrons. The molecule has 0 spiro atoms. The fourth-order valence-corrected chi connectivity index (χ4v) is 2.16. The van der Waals surface area contributed by atoms with Gasteiger partial charge in [-0.05, 0) is 26.3 Å². The molecule has 1 aromatic rings. The Morgan fingerprint density at radius 2 is 1.86 bits per heavy atom. The van der Waals surface area contributed by atoms with E-state index < -0.39 is 0 Å². The van der Waals surface area contributed by atoms with Crippen molar-refractivity contribution in [2.75, 3.05) is 18.4 Å². The third-order valence-corrected chi connectivity index (χ3v) is 3.51. The van der Waals surface area contributed by atoms with Gasteiger partial charge in [0.05, 0.1) is 5.56 Å². The van der Waals surface area contributed by atoms with E-state index in [4.69, 9.17) is 0 Å². The zero-order valence-corrected chi connectivity index (χ0v) is 13.8. The van der Waals surface area contributed by atoms with Gasteiger partial charge in [-0.25, -0.2) is 0 Å². The normalized spacial score (nSPS) is 10.4. The molecule has 2 amide bonds. The van der Waals surface area contributed by atoms with Crippen LogP contribution in [0.15, 0.2) is 17.1 Å². The number of carbonyl (C=O) groups excluding carboxylic acids is 2. The smallest absolute Gasteiger partial charge is 0.274 e. The van der Waals surface area contributed by atoms with Crippen LogP contribution in [0.4, 0.5) is 5.69 Å². The monoisotopic (exact) mass is 307 g/mol. The fraction of sp³-hybridized carbons (Fsp3) is 0.562. The highest BCUT2D eigenvalue weighted by Gasteiger charge is 2.16. The van der Waals surface area contributed by atoms with E-state index in [2.05, 4.69) is 5.32 Å². The molecular weight excluding hydrogens is 282 g/mol. The minimum absolute atomic E-state index is 0.148. The number of hydrogen-bond acceptors (Lipinski definition) is 3. The zero-order valence-electron chi connectivity index (χ0n) is 13.8. The number of aryl methyl sites for hydroxylation is 1. The lowest BCUT2D eigenvalue weighted by molar-refractivity contribution is -0.116. The van der Waals surface area contributed by atoms with Crippen molar-refractivity contribution in [1.82, 2.24) is 9.47 Å². The Balaban J connectivity index is 3.06. The van der Waals surface area contributed by atoms with E-state index in [0.717, 1.165) is 12.8 Å². The molecule has 1 aromatic heterocycles. The number of nitrogens with zero attached hydrogens (tertiary/aromatic N) is 2. The maximum Gasteiger partial charge on any atom is 0.274 e. The van der Waals surface area contributed by atoms with Crippen molar-refractivity contribution in [3.05, 3.63) is 28.2 Å². The predicted octanol–water partition coefficient (Wildman–Crippen LogP) is 2.00. The van der Waals surface area contributed by atoms with Gasteiger partial charge in [0.25, 0.3) is 11.5 Å². The van der Waals surface area contributed by atoms with Gasteiger partial charge < -0.3 is 14.8 Å². The number of rotatable bonds is 7. The van der Waals surface area contributed by atoms with Gasteiger partial charge in [-0.3, -0.25) is 14.4 Å². The highest BCUT2D eigenvalue weighted by atomic mass is 16.2. The van der Waals surface area contributed by atoms with Crippen LogP contribution in [0, 0.1) is 0 Å². The molecule has 6 heteroatoms. The summed E-state index contributed by atoms with van der Waals surface area (Å²) in [6, 6.07) is 1.47. The van der Waals surface area contributed by atoms with Crippen LogP contribution in [-0.2, 0) is 11.8 Å². The molecule has 0 bridgehead atoms. The summed E-state index contributed by atoms with van der Waals surface area (Å²) in [5.41, 5.74) is 0.235. The number of carbonyl (C=O) groups is 2. The van der Waals surface area contributed by atoms with E-state index in [1.165, 1.54) is 16.8 Å². The molecule has 1 heterocycles. The first kappa shape index (κ1) is 17.9. The molecule has 1 N–H and O–H groups in total. The first-order valence-corrected chi connectivity index (χ1v) is 7.74. The number of amides is 2. The number of pyridine rings is 1. The SMILES string of the molecule is CCCCC(=O)Nc1cc(C(=O)N(CC)CC)cn(C)c1=O. The summed E-state index contributed by atoms with van der Waals surface area (Å²) in [6.07, 6.45) is 3.55. The second-order valence-corrected chi connectivity index (χ2v) is 5.19. The molecule has 1 rings (SSSR count). The van der Waals surface area contributed by atoms with E-state index in [1.807, 2.05) is 20.8 Å². The van der Waals surface area contributed by atoms with Crippen molar-refractivity contribution in [2.45, 2.75) is 40.0 Å². The lowest BCUT2D eigenvalue weighted by Gasteiger charge is -2.19. The second kappa shape index (κ2) is 8.36. The highest BCUT2D eigenvalue weighted by molar-refractivity contribution is 5.96. The van der Waals surface area contributed by atoms with Crippen LogP contribution in [-0.4, -0.2) is 34.4 Å². The summed E-state index contributed by atoms with van der Waals surface area (Å²) in [5, 5.41) is 2.61. The van der Waals surface area contributed by atoms with Crippen molar-refractivity contribution in [1.29, 1.82) is 0 Å². The Morgan fingerprint density at radius 1 is 1.23 bits per heavy atom. The molecule has 0 aliphatic heterocycles. The molecule has 0 fully saturated rings. The van der Waals surface area contributed by atoms with Gasteiger partial charge in [-0.15, -0.1) is 0 Å². The lowest BCUT2D eigenvalue weighted by Crippen LogP contribution is -2.32. The van der Waals surface area contributed by atoms with Crippen molar-refractivity contribution >= 4 is 17.5 Å². The average Bonchev–Trinajstić information content (AvgIpc) is 2.50. The first-order valence-electron chi connectivity index (χ1n) is 7.74. The standard InChI is InChI=1S/C16H25N3O3/c1-5-8-9-14(20)17-13-10-12(11-18(4)16(13)22)15(21)19(6-2)7-3/h10-11H,5-9H2,1-4H3,(H,17,20). The second-order valence-electron chi connectivity index (χ2n) is 5.19. The largest absolute Gasteiger partial charge is 0.339 e. The van der Waals surface area contributed by atoms with Crippen LogP contribution in [0.5, 0.6) is 0 Å². The summed E-state index contributed by atoms with van der Waals surface area (Å²) in [7, 11) is 1.57. The molecule has 0 aliphatic carbocycles. The molecule has 0 unspecified atom stereocenters. The maximum absolute atomic E-state index is 12.4. The van der Waals surface area contributed by atoms with Gasteiger partial charge in [0.1, 0.15) is 5.69 Å². The number of unbranched alkanes of at least 4 members (excludes halogenated alkanes) is 1. The van der Waals surface area contributed by atoms with Crippen LogP contribution >= 0.6 is 0 Å². The van der Waals surface area contributed by atoms with E-state index in [-0.39, 0.29) is 23.1 Å². The molecule has 6 nitrogen and oxygen atoms in total. The fourth-order valence-electron chi connectivity index (χ4n) is 2.16. The van der Waals surface area contributed by atoms with E-state index in [0.29, 0.717) is 25.1 Å². The van der Waals surface area contributed by atoms with Crippen LogP contribution in [0.2, 0.25) is 0 Å². The molecule has 22 heavy (non-hydrogen) atoms. The van der Waals surface area contributed by atoms with E-state index in [9.17, 15) is 14.4 Å². The number of hydrogen-bond donors (Lipinski definition) is 1. The van der Waals surface area contributed by atoms with Crippen molar-refractivity contribution in [3.8, 4) is 0 Å². The number of nitrogens with one attached hydrogen (secondary N) is 1.